The molecule has 0 saturated heterocycles. The number of benzene rings is 1. The molecule has 0 atom stereocenters. The molecule has 1 aromatic heterocycles. The third-order valence-electron chi connectivity index (χ3n) is 4.16. The Morgan fingerprint density at radius 2 is 2.11 bits per heavy atom. The zero-order chi connectivity index (χ0) is 13.5. The van der Waals surface area contributed by atoms with Gasteiger partial charge in [-0.3, -0.25) is 4.79 Å². The van der Waals surface area contributed by atoms with Crippen molar-refractivity contribution in [1.82, 2.24) is 0 Å². The monoisotopic (exact) mass is 260 g/mol. The summed E-state index contributed by atoms with van der Waals surface area (Å²) in [7, 11) is 1.57. The second-order valence-corrected chi connectivity index (χ2v) is 5.11. The van der Waals surface area contributed by atoms with Crippen LogP contribution in [0, 0.1) is 0 Å². The van der Waals surface area contributed by atoms with Gasteiger partial charge in [0.25, 0.3) is 0 Å². The standard InChI is InChI=1S/C15H16O4/c1-18-12-9-11(8-10-4-7-19-13(10)12)15(14(16)17)5-2-3-6-15/h4,7-9H,2-3,5-6H2,1H3,(H,16,17). The molecule has 19 heavy (non-hydrogen) atoms. The van der Waals surface area contributed by atoms with E-state index in [4.69, 9.17) is 9.15 Å². The van der Waals surface area contributed by atoms with E-state index >= 15 is 0 Å². The minimum atomic E-state index is -0.765. The molecule has 0 radical (unpaired) electrons. The Morgan fingerprint density at radius 3 is 2.74 bits per heavy atom. The number of methoxy groups -OCH3 is 1. The SMILES string of the molecule is COc1cc(C2(C(=O)O)CCCC2)cc2ccoc12. The quantitative estimate of drug-likeness (QED) is 0.919. The Hall–Kier alpha value is -1.97. The van der Waals surface area contributed by atoms with Crippen molar-refractivity contribution in [1.29, 1.82) is 0 Å². The van der Waals surface area contributed by atoms with E-state index in [1.54, 1.807) is 13.4 Å². The molecule has 0 spiro atoms. The van der Waals surface area contributed by atoms with Crippen LogP contribution in [0.15, 0.2) is 28.9 Å². The zero-order valence-corrected chi connectivity index (χ0v) is 10.8. The van der Waals surface area contributed by atoms with Crippen LogP contribution >= 0.6 is 0 Å². The molecule has 1 aliphatic rings. The highest BCUT2D eigenvalue weighted by molar-refractivity contribution is 5.88. The predicted octanol–water partition coefficient (Wildman–Crippen LogP) is 3.34. The van der Waals surface area contributed by atoms with Crippen LogP contribution in [0.4, 0.5) is 0 Å². The van der Waals surface area contributed by atoms with Crippen LogP contribution in [0.3, 0.4) is 0 Å². The van der Waals surface area contributed by atoms with Crippen LogP contribution in [0.1, 0.15) is 31.2 Å². The zero-order valence-electron chi connectivity index (χ0n) is 10.8. The van der Waals surface area contributed by atoms with E-state index in [-0.39, 0.29) is 0 Å². The summed E-state index contributed by atoms with van der Waals surface area (Å²) in [6.45, 7) is 0. The van der Waals surface area contributed by atoms with Crippen molar-refractivity contribution in [2.24, 2.45) is 0 Å². The number of fused-ring (bicyclic) bond motifs is 1. The normalized spacial score (nSPS) is 17.7. The third kappa shape index (κ3) is 1.70. The predicted molar refractivity (Wildman–Crippen MR) is 70.5 cm³/mol. The largest absolute Gasteiger partial charge is 0.493 e. The van der Waals surface area contributed by atoms with Crippen molar-refractivity contribution in [2.75, 3.05) is 7.11 Å². The Bertz CT molecular complexity index is 620. The van der Waals surface area contributed by atoms with Gasteiger partial charge < -0.3 is 14.3 Å². The lowest BCUT2D eigenvalue weighted by Crippen LogP contribution is -2.32. The number of hydrogen-bond donors (Lipinski definition) is 1. The summed E-state index contributed by atoms with van der Waals surface area (Å²) in [5.74, 6) is -0.139. The van der Waals surface area contributed by atoms with Crippen molar-refractivity contribution in [3.8, 4) is 5.75 Å². The summed E-state index contributed by atoms with van der Waals surface area (Å²) in [6.07, 6.45) is 4.89. The van der Waals surface area contributed by atoms with E-state index in [1.165, 1.54) is 0 Å². The summed E-state index contributed by atoms with van der Waals surface area (Å²) < 4.78 is 10.7. The van der Waals surface area contributed by atoms with Crippen molar-refractivity contribution >= 4 is 16.9 Å². The van der Waals surface area contributed by atoms with Crippen molar-refractivity contribution in [3.63, 3.8) is 0 Å². The fourth-order valence-electron chi connectivity index (χ4n) is 3.08. The first-order valence-electron chi connectivity index (χ1n) is 6.46. The number of carboxylic acids is 1. The van der Waals surface area contributed by atoms with Gasteiger partial charge in [-0.25, -0.2) is 0 Å². The highest BCUT2D eigenvalue weighted by atomic mass is 16.5. The maximum atomic E-state index is 11.7. The van der Waals surface area contributed by atoms with Gasteiger partial charge in [-0.05, 0) is 36.6 Å². The number of aliphatic carboxylic acids is 1. The fourth-order valence-corrected chi connectivity index (χ4v) is 3.08. The maximum Gasteiger partial charge on any atom is 0.314 e. The van der Waals surface area contributed by atoms with Crippen molar-refractivity contribution in [3.05, 3.63) is 30.0 Å². The Balaban J connectivity index is 2.21. The summed E-state index contributed by atoms with van der Waals surface area (Å²) in [6, 6.07) is 5.57. The second kappa shape index (κ2) is 4.30. The van der Waals surface area contributed by atoms with Gasteiger partial charge in [0.2, 0.25) is 0 Å². The molecular formula is C15H16O4. The lowest BCUT2D eigenvalue weighted by atomic mass is 9.78. The summed E-state index contributed by atoms with van der Waals surface area (Å²) >= 11 is 0. The van der Waals surface area contributed by atoms with Crippen LogP contribution in [-0.4, -0.2) is 18.2 Å². The van der Waals surface area contributed by atoms with Crippen LogP contribution in [-0.2, 0) is 10.2 Å². The second-order valence-electron chi connectivity index (χ2n) is 5.11. The highest BCUT2D eigenvalue weighted by Gasteiger charge is 2.43. The molecule has 4 nitrogen and oxygen atoms in total. The molecule has 2 aromatic rings. The number of carboxylic acid groups (broad SMARTS) is 1. The van der Waals surface area contributed by atoms with Crippen molar-refractivity contribution < 1.29 is 19.1 Å². The number of carbonyl (C=O) groups is 1. The number of ether oxygens (including phenoxy) is 1. The minimum absolute atomic E-state index is 0.602. The van der Waals surface area contributed by atoms with Gasteiger partial charge in [-0.15, -0.1) is 0 Å². The van der Waals surface area contributed by atoms with Crippen molar-refractivity contribution in [2.45, 2.75) is 31.1 Å². The van der Waals surface area contributed by atoms with Gasteiger partial charge in [-0.2, -0.15) is 0 Å². The average molecular weight is 260 g/mol. The van der Waals surface area contributed by atoms with Gasteiger partial charge in [-0.1, -0.05) is 12.8 Å². The molecule has 0 amide bonds. The Labute approximate surface area is 111 Å². The molecular weight excluding hydrogens is 244 g/mol. The molecule has 4 heteroatoms. The van der Waals surface area contributed by atoms with Gasteiger partial charge in [0.15, 0.2) is 11.3 Å². The summed E-state index contributed by atoms with van der Waals surface area (Å²) in [5, 5.41) is 10.5. The van der Waals surface area contributed by atoms with E-state index in [1.807, 2.05) is 18.2 Å². The molecule has 100 valence electrons. The van der Waals surface area contributed by atoms with Crippen LogP contribution in [0.2, 0.25) is 0 Å². The van der Waals surface area contributed by atoms with Gasteiger partial charge in [0.05, 0.1) is 18.8 Å². The first-order valence-corrected chi connectivity index (χ1v) is 6.46. The lowest BCUT2D eigenvalue weighted by Gasteiger charge is -2.24. The fraction of sp³-hybridized carbons (Fsp3) is 0.400. The van der Waals surface area contributed by atoms with E-state index in [0.717, 1.165) is 23.8 Å². The molecule has 0 unspecified atom stereocenters. The Kier molecular flexibility index (Phi) is 2.73. The summed E-state index contributed by atoms with van der Waals surface area (Å²) in [4.78, 5) is 11.7. The Morgan fingerprint density at radius 1 is 1.37 bits per heavy atom. The molecule has 1 N–H and O–H groups in total. The van der Waals surface area contributed by atoms with E-state index in [9.17, 15) is 9.90 Å². The van der Waals surface area contributed by atoms with E-state index in [0.29, 0.717) is 24.2 Å². The molecule has 0 aliphatic heterocycles. The molecule has 1 aromatic carbocycles. The summed E-state index contributed by atoms with van der Waals surface area (Å²) in [5.41, 5.74) is 0.728. The average Bonchev–Trinajstić information content (AvgIpc) is 3.06. The number of furan rings is 1. The van der Waals surface area contributed by atoms with Gasteiger partial charge in [0.1, 0.15) is 0 Å². The molecule has 1 saturated carbocycles. The van der Waals surface area contributed by atoms with Gasteiger partial charge >= 0.3 is 5.97 Å². The topological polar surface area (TPSA) is 59.7 Å². The lowest BCUT2D eigenvalue weighted by molar-refractivity contribution is -0.143. The van der Waals surface area contributed by atoms with E-state index < -0.39 is 11.4 Å². The first-order chi connectivity index (χ1) is 9.17. The van der Waals surface area contributed by atoms with Crippen LogP contribution in [0.25, 0.3) is 11.0 Å². The molecule has 1 heterocycles. The van der Waals surface area contributed by atoms with Crippen LogP contribution < -0.4 is 4.74 Å². The molecule has 0 bridgehead atoms. The van der Waals surface area contributed by atoms with Crippen LogP contribution in [0.5, 0.6) is 5.75 Å². The number of rotatable bonds is 3. The third-order valence-corrected chi connectivity index (χ3v) is 4.16. The highest BCUT2D eigenvalue weighted by Crippen LogP contribution is 2.44. The first kappa shape index (κ1) is 12.1. The number of hydrogen-bond acceptors (Lipinski definition) is 3. The smallest absolute Gasteiger partial charge is 0.314 e. The minimum Gasteiger partial charge on any atom is -0.493 e. The van der Waals surface area contributed by atoms with Gasteiger partial charge in [0, 0.05) is 5.39 Å². The molecule has 1 fully saturated rings. The molecule has 1 aliphatic carbocycles. The van der Waals surface area contributed by atoms with E-state index in [2.05, 4.69) is 0 Å². The maximum absolute atomic E-state index is 11.7. The molecule has 3 rings (SSSR count).